The molecule has 0 radical (unpaired) electrons. The largest absolute Gasteiger partial charge is 0.480 e. The number of nitro benzene ring substituents is 1. The number of amides is 4. The van der Waals surface area contributed by atoms with Gasteiger partial charge in [-0.1, -0.05) is 59.6 Å². The van der Waals surface area contributed by atoms with Crippen molar-refractivity contribution in [2.75, 3.05) is 10.6 Å². The van der Waals surface area contributed by atoms with Crippen molar-refractivity contribution in [2.24, 2.45) is 11.3 Å². The molecule has 0 saturated heterocycles. The Balaban J connectivity index is 1.99. The lowest BCUT2D eigenvalue weighted by atomic mass is 9.89. The van der Waals surface area contributed by atoms with Crippen molar-refractivity contribution in [3.63, 3.8) is 0 Å². The van der Waals surface area contributed by atoms with E-state index >= 15 is 0 Å². The number of carboxylic acid groups (broad SMARTS) is 2. The third kappa shape index (κ3) is 13.9. The number of nitro groups is 1. The predicted molar refractivity (Wildman–Crippen MR) is 176 cm³/mol. The number of carbonyl (C=O) groups is 5. The molecule has 47 heavy (non-hydrogen) atoms. The number of anilines is 2. The number of benzene rings is 2. The number of aliphatic carboxylic acids is 2. The van der Waals surface area contributed by atoms with Crippen LogP contribution in [0.5, 0.6) is 0 Å². The van der Waals surface area contributed by atoms with Crippen molar-refractivity contribution in [1.29, 1.82) is 0 Å². The fraction of sp³-hybridized carbons (Fsp3) is 0.485. The maximum atomic E-state index is 13.4. The number of hydrogen-bond donors (Lipinski definition) is 6. The molecule has 4 amide bonds. The van der Waals surface area contributed by atoms with E-state index < -0.39 is 46.8 Å². The van der Waals surface area contributed by atoms with Crippen molar-refractivity contribution >= 4 is 46.8 Å². The summed E-state index contributed by atoms with van der Waals surface area (Å²) in [7, 11) is 0. The van der Waals surface area contributed by atoms with Gasteiger partial charge in [-0.25, -0.2) is 14.4 Å². The topological polar surface area (TPSA) is 217 Å². The maximum Gasteiger partial charge on any atom is 0.326 e. The molecular formula is C33H45N5O9. The maximum absolute atomic E-state index is 13.4. The van der Waals surface area contributed by atoms with E-state index in [-0.39, 0.29) is 42.2 Å². The van der Waals surface area contributed by atoms with Gasteiger partial charge in [-0.05, 0) is 60.4 Å². The molecule has 2 aromatic rings. The summed E-state index contributed by atoms with van der Waals surface area (Å²) in [4.78, 5) is 71.9. The van der Waals surface area contributed by atoms with Crippen molar-refractivity contribution in [2.45, 2.75) is 91.1 Å². The van der Waals surface area contributed by atoms with Gasteiger partial charge in [0.05, 0.1) is 10.8 Å². The van der Waals surface area contributed by atoms with Crippen molar-refractivity contribution in [3.05, 3.63) is 64.2 Å². The first kappa shape index (κ1) is 38.2. The fourth-order valence-electron chi connectivity index (χ4n) is 4.84. The lowest BCUT2D eigenvalue weighted by Gasteiger charge is -2.23. The average Bonchev–Trinajstić information content (AvgIpc) is 2.96. The third-order valence-electron chi connectivity index (χ3n) is 7.10. The second kappa shape index (κ2) is 17.6. The molecule has 6 N–H and O–H groups in total. The van der Waals surface area contributed by atoms with E-state index in [1.54, 1.807) is 24.3 Å². The standard InChI is InChI=1S/C33H45N5O9/c1-20(2)18-25(21-10-12-22(13-11-21)34-32(45)35-23-14-16-24(17-15-23)38(46)47)29(40)37-27(31(43)44)9-7-6-8-26(30(41)42)36-28(39)19-33(3,4)5/h10-17,20,25-27H,6-9,18-19H2,1-5H3,(H,36,39)(H,37,40)(H,41,42)(H,43,44)(H2,34,35,45). The minimum Gasteiger partial charge on any atom is -0.480 e. The summed E-state index contributed by atoms with van der Waals surface area (Å²) in [5.74, 6) is -3.80. The quantitative estimate of drug-likeness (QED) is 0.0719. The van der Waals surface area contributed by atoms with Crippen LogP contribution in [0, 0.1) is 21.4 Å². The summed E-state index contributed by atoms with van der Waals surface area (Å²) in [6, 6.07) is 9.04. The molecule has 0 aliphatic carbocycles. The zero-order valence-electron chi connectivity index (χ0n) is 27.4. The monoisotopic (exact) mass is 655 g/mol. The lowest BCUT2D eigenvalue weighted by molar-refractivity contribution is -0.384. The number of carboxylic acids is 2. The molecule has 14 heteroatoms. The lowest BCUT2D eigenvalue weighted by Crippen LogP contribution is -2.43. The van der Waals surface area contributed by atoms with Crippen LogP contribution >= 0.6 is 0 Å². The normalized spacial score (nSPS) is 13.1. The molecule has 0 fully saturated rings. The second-order valence-electron chi connectivity index (χ2n) is 13.1. The molecule has 0 heterocycles. The predicted octanol–water partition coefficient (Wildman–Crippen LogP) is 5.50. The summed E-state index contributed by atoms with van der Waals surface area (Å²) in [6.07, 6.45) is 1.43. The smallest absolute Gasteiger partial charge is 0.326 e. The molecule has 0 aliphatic rings. The first-order valence-electron chi connectivity index (χ1n) is 15.4. The number of unbranched alkanes of at least 4 members (excludes halogenated alkanes) is 1. The number of hydrogen-bond acceptors (Lipinski definition) is 7. The fourth-order valence-corrected chi connectivity index (χ4v) is 4.84. The number of rotatable bonds is 17. The Morgan fingerprint density at radius 3 is 1.68 bits per heavy atom. The van der Waals surface area contributed by atoms with Crippen LogP contribution in [0.1, 0.15) is 84.6 Å². The molecule has 3 unspecified atom stereocenters. The highest BCUT2D eigenvalue weighted by Crippen LogP contribution is 2.26. The molecule has 14 nitrogen and oxygen atoms in total. The van der Waals surface area contributed by atoms with Crippen LogP contribution in [0.4, 0.5) is 21.9 Å². The molecule has 0 aromatic heterocycles. The molecule has 0 saturated carbocycles. The molecule has 0 bridgehead atoms. The van der Waals surface area contributed by atoms with E-state index in [0.29, 0.717) is 36.2 Å². The number of non-ortho nitro benzene ring substituents is 1. The molecule has 2 rings (SSSR count). The molecule has 0 aliphatic heterocycles. The molecule has 2 aromatic carbocycles. The van der Waals surface area contributed by atoms with Crippen LogP contribution in [-0.4, -0.2) is 57.0 Å². The van der Waals surface area contributed by atoms with Crippen molar-refractivity contribution in [3.8, 4) is 0 Å². The average molecular weight is 656 g/mol. The Bertz CT molecular complexity index is 1400. The molecule has 256 valence electrons. The van der Waals surface area contributed by atoms with Crippen LogP contribution < -0.4 is 21.3 Å². The third-order valence-corrected chi connectivity index (χ3v) is 7.10. The van der Waals surface area contributed by atoms with Crippen molar-refractivity contribution < 1.29 is 39.1 Å². The Hall–Kier alpha value is -5.01. The van der Waals surface area contributed by atoms with E-state index in [9.17, 15) is 44.3 Å². The van der Waals surface area contributed by atoms with Gasteiger partial charge in [0.2, 0.25) is 11.8 Å². The number of nitrogens with zero attached hydrogens (tertiary/aromatic N) is 1. The van der Waals surface area contributed by atoms with Crippen molar-refractivity contribution in [1.82, 2.24) is 10.6 Å². The highest BCUT2D eigenvalue weighted by molar-refractivity contribution is 5.99. The van der Waals surface area contributed by atoms with Crippen LogP contribution in [0.2, 0.25) is 0 Å². The molecular weight excluding hydrogens is 610 g/mol. The van der Waals surface area contributed by atoms with Crippen LogP contribution in [0.25, 0.3) is 0 Å². The first-order chi connectivity index (χ1) is 21.9. The zero-order chi connectivity index (χ0) is 35.3. The van der Waals surface area contributed by atoms with Gasteiger partial charge in [0.15, 0.2) is 0 Å². The van der Waals surface area contributed by atoms with Gasteiger partial charge < -0.3 is 31.5 Å². The summed E-state index contributed by atoms with van der Waals surface area (Å²) in [6.45, 7) is 9.49. The van der Waals surface area contributed by atoms with Gasteiger partial charge in [-0.2, -0.15) is 0 Å². The summed E-state index contributed by atoms with van der Waals surface area (Å²) in [5.41, 5.74) is 0.994. The van der Waals surface area contributed by atoms with E-state index in [1.165, 1.54) is 24.3 Å². The van der Waals surface area contributed by atoms with Gasteiger partial charge in [0.1, 0.15) is 12.1 Å². The Kier molecular flexibility index (Phi) is 14.3. The highest BCUT2D eigenvalue weighted by atomic mass is 16.6. The van der Waals surface area contributed by atoms with E-state index in [0.717, 1.165) is 0 Å². The van der Waals surface area contributed by atoms with E-state index in [2.05, 4.69) is 21.3 Å². The Labute approximate surface area is 273 Å². The summed E-state index contributed by atoms with van der Waals surface area (Å²) in [5, 5.41) is 40.5. The van der Waals surface area contributed by atoms with Gasteiger partial charge in [-0.3, -0.25) is 19.7 Å². The van der Waals surface area contributed by atoms with Gasteiger partial charge in [-0.15, -0.1) is 0 Å². The summed E-state index contributed by atoms with van der Waals surface area (Å²) < 4.78 is 0. The van der Waals surface area contributed by atoms with Crippen LogP contribution in [0.3, 0.4) is 0 Å². The van der Waals surface area contributed by atoms with Crippen LogP contribution in [-0.2, 0) is 19.2 Å². The zero-order valence-corrected chi connectivity index (χ0v) is 27.4. The van der Waals surface area contributed by atoms with Gasteiger partial charge in [0.25, 0.3) is 5.69 Å². The van der Waals surface area contributed by atoms with E-state index in [4.69, 9.17) is 0 Å². The highest BCUT2D eigenvalue weighted by Gasteiger charge is 2.28. The van der Waals surface area contributed by atoms with Gasteiger partial charge >= 0.3 is 18.0 Å². The summed E-state index contributed by atoms with van der Waals surface area (Å²) >= 11 is 0. The van der Waals surface area contributed by atoms with Gasteiger partial charge in [0, 0.05) is 29.9 Å². The molecule has 0 spiro atoms. The number of urea groups is 1. The Morgan fingerprint density at radius 2 is 1.26 bits per heavy atom. The van der Waals surface area contributed by atoms with Crippen LogP contribution in [0.15, 0.2) is 48.5 Å². The van der Waals surface area contributed by atoms with E-state index in [1.807, 2.05) is 34.6 Å². The Morgan fingerprint density at radius 1 is 0.787 bits per heavy atom. The SMILES string of the molecule is CC(C)CC(C(=O)NC(CCCCC(NC(=O)CC(C)(C)C)C(=O)O)C(=O)O)c1ccc(NC(=O)Nc2ccc([N+](=O)[O-])cc2)cc1. The minimum atomic E-state index is -1.21. The number of carbonyl (C=O) groups excluding carboxylic acids is 3. The first-order valence-corrected chi connectivity index (χ1v) is 15.4. The second-order valence-corrected chi connectivity index (χ2v) is 13.1. The minimum absolute atomic E-state index is 0.0739. The number of nitrogens with one attached hydrogen (secondary N) is 4. The molecule has 3 atom stereocenters.